The molecule has 0 bridgehead atoms. The molecule has 0 aliphatic carbocycles. The Balaban J connectivity index is 2.00. The first-order valence-corrected chi connectivity index (χ1v) is 10.2. The molecule has 1 N–H and O–H groups in total. The number of alkyl carbamates (subject to hydrolysis) is 1. The highest BCUT2D eigenvalue weighted by Crippen LogP contribution is 2.39. The third-order valence-corrected chi connectivity index (χ3v) is 5.17. The van der Waals surface area contributed by atoms with Crippen molar-refractivity contribution < 1.29 is 14.3 Å². The molecule has 1 aliphatic heterocycles. The lowest BCUT2D eigenvalue weighted by atomic mass is 9.89. The summed E-state index contributed by atoms with van der Waals surface area (Å²) in [5.74, 6) is -0.0105. The average molecular weight is 396 g/mol. The van der Waals surface area contributed by atoms with E-state index in [2.05, 4.69) is 23.3 Å². The Labute approximate surface area is 172 Å². The van der Waals surface area contributed by atoms with Crippen LogP contribution in [0.1, 0.15) is 58.3 Å². The van der Waals surface area contributed by atoms with Crippen LogP contribution in [0.2, 0.25) is 0 Å². The van der Waals surface area contributed by atoms with E-state index < -0.39 is 6.09 Å². The SMILES string of the molecule is CCc1ccc(-c2ccc3c(c2)[C@@H](NC(=O)OC(C)C)C[C@@H](C)N3C(C)=O)cn1. The number of aromatic nitrogens is 1. The van der Waals surface area contributed by atoms with Crippen molar-refractivity contribution in [3.8, 4) is 11.1 Å². The molecule has 2 aromatic rings. The predicted molar refractivity (Wildman–Crippen MR) is 114 cm³/mol. The van der Waals surface area contributed by atoms with Crippen molar-refractivity contribution in [1.29, 1.82) is 0 Å². The monoisotopic (exact) mass is 395 g/mol. The van der Waals surface area contributed by atoms with Gasteiger partial charge in [0.1, 0.15) is 0 Å². The van der Waals surface area contributed by atoms with E-state index in [1.54, 1.807) is 11.8 Å². The molecule has 29 heavy (non-hydrogen) atoms. The van der Waals surface area contributed by atoms with Crippen LogP contribution < -0.4 is 10.2 Å². The van der Waals surface area contributed by atoms with Crippen LogP contribution >= 0.6 is 0 Å². The fourth-order valence-corrected chi connectivity index (χ4v) is 3.85. The van der Waals surface area contributed by atoms with Gasteiger partial charge in [-0.2, -0.15) is 0 Å². The molecule has 0 radical (unpaired) electrons. The minimum absolute atomic E-state index is 0.0105. The number of hydrogen-bond donors (Lipinski definition) is 1. The molecule has 2 heterocycles. The summed E-state index contributed by atoms with van der Waals surface area (Å²) in [6, 6.07) is 9.81. The number of rotatable bonds is 4. The van der Waals surface area contributed by atoms with Gasteiger partial charge in [0.05, 0.1) is 12.1 Å². The van der Waals surface area contributed by atoms with Crippen LogP contribution in [-0.4, -0.2) is 29.1 Å². The van der Waals surface area contributed by atoms with Gasteiger partial charge in [-0.1, -0.05) is 19.1 Å². The first kappa shape index (κ1) is 20.8. The average Bonchev–Trinajstić information content (AvgIpc) is 2.67. The van der Waals surface area contributed by atoms with Gasteiger partial charge in [-0.15, -0.1) is 0 Å². The lowest BCUT2D eigenvalue weighted by Gasteiger charge is -2.39. The highest BCUT2D eigenvalue weighted by Gasteiger charge is 2.33. The minimum atomic E-state index is -0.446. The second-order valence-electron chi connectivity index (χ2n) is 7.79. The number of carbonyl (C=O) groups is 2. The van der Waals surface area contributed by atoms with E-state index in [-0.39, 0.29) is 24.1 Å². The molecule has 1 aromatic heterocycles. The van der Waals surface area contributed by atoms with Gasteiger partial charge < -0.3 is 15.0 Å². The lowest BCUT2D eigenvalue weighted by Crippen LogP contribution is -2.45. The topological polar surface area (TPSA) is 71.5 Å². The fraction of sp³-hybridized carbons (Fsp3) is 0.435. The number of ether oxygens (including phenoxy) is 1. The normalized spacial score (nSPS) is 18.3. The van der Waals surface area contributed by atoms with E-state index in [1.165, 1.54) is 0 Å². The number of aryl methyl sites for hydroxylation is 1. The molecule has 3 rings (SSSR count). The van der Waals surface area contributed by atoms with Crippen molar-refractivity contribution in [3.05, 3.63) is 47.8 Å². The van der Waals surface area contributed by atoms with E-state index >= 15 is 0 Å². The zero-order valence-corrected chi connectivity index (χ0v) is 17.7. The maximum Gasteiger partial charge on any atom is 0.407 e. The Bertz CT molecular complexity index is 893. The molecule has 6 nitrogen and oxygen atoms in total. The highest BCUT2D eigenvalue weighted by molar-refractivity contribution is 5.94. The van der Waals surface area contributed by atoms with Crippen LogP contribution in [0, 0.1) is 0 Å². The Morgan fingerprint density at radius 1 is 1.24 bits per heavy atom. The third kappa shape index (κ3) is 4.58. The molecule has 0 fully saturated rings. The summed E-state index contributed by atoms with van der Waals surface area (Å²) in [6.07, 6.45) is 2.73. The van der Waals surface area contributed by atoms with Gasteiger partial charge in [-0.05, 0) is 62.9 Å². The van der Waals surface area contributed by atoms with Gasteiger partial charge in [0.25, 0.3) is 0 Å². The molecule has 1 aromatic carbocycles. The largest absolute Gasteiger partial charge is 0.447 e. The van der Waals surface area contributed by atoms with Gasteiger partial charge in [0.2, 0.25) is 5.91 Å². The summed E-state index contributed by atoms with van der Waals surface area (Å²) < 4.78 is 5.28. The second kappa shape index (κ2) is 8.64. The molecule has 0 unspecified atom stereocenters. The van der Waals surface area contributed by atoms with E-state index in [1.807, 2.05) is 51.2 Å². The predicted octanol–water partition coefficient (Wildman–Crippen LogP) is 4.63. The Morgan fingerprint density at radius 2 is 1.97 bits per heavy atom. The van der Waals surface area contributed by atoms with Crippen molar-refractivity contribution in [1.82, 2.24) is 10.3 Å². The lowest BCUT2D eigenvalue weighted by molar-refractivity contribution is -0.117. The van der Waals surface area contributed by atoms with Crippen molar-refractivity contribution in [2.75, 3.05) is 4.90 Å². The summed E-state index contributed by atoms with van der Waals surface area (Å²) in [4.78, 5) is 30.8. The Kier molecular flexibility index (Phi) is 6.20. The van der Waals surface area contributed by atoms with Gasteiger partial charge in [0, 0.05) is 36.1 Å². The number of fused-ring (bicyclic) bond motifs is 1. The number of amides is 2. The van der Waals surface area contributed by atoms with Crippen LogP contribution in [0.25, 0.3) is 11.1 Å². The van der Waals surface area contributed by atoms with E-state index in [0.717, 1.165) is 34.5 Å². The maximum absolute atomic E-state index is 12.3. The summed E-state index contributed by atoms with van der Waals surface area (Å²) in [5.41, 5.74) is 4.78. The summed E-state index contributed by atoms with van der Waals surface area (Å²) in [7, 11) is 0. The van der Waals surface area contributed by atoms with Crippen LogP contribution in [-0.2, 0) is 16.0 Å². The molecule has 0 spiro atoms. The number of pyridine rings is 1. The Morgan fingerprint density at radius 3 is 2.55 bits per heavy atom. The third-order valence-electron chi connectivity index (χ3n) is 5.17. The van der Waals surface area contributed by atoms with Crippen molar-refractivity contribution in [3.63, 3.8) is 0 Å². The zero-order chi connectivity index (χ0) is 21.1. The van der Waals surface area contributed by atoms with Crippen LogP contribution in [0.4, 0.5) is 10.5 Å². The summed E-state index contributed by atoms with van der Waals surface area (Å²) >= 11 is 0. The number of carbonyl (C=O) groups excluding carboxylic acids is 2. The van der Waals surface area contributed by atoms with E-state index in [0.29, 0.717) is 6.42 Å². The minimum Gasteiger partial charge on any atom is -0.447 e. The maximum atomic E-state index is 12.3. The first-order valence-electron chi connectivity index (χ1n) is 10.2. The van der Waals surface area contributed by atoms with Crippen molar-refractivity contribution in [2.45, 2.75) is 65.6 Å². The zero-order valence-electron chi connectivity index (χ0n) is 17.7. The van der Waals surface area contributed by atoms with Crippen LogP contribution in [0.3, 0.4) is 0 Å². The number of benzene rings is 1. The molecule has 0 saturated heterocycles. The number of anilines is 1. The number of nitrogens with zero attached hydrogens (tertiary/aromatic N) is 2. The molecule has 154 valence electrons. The van der Waals surface area contributed by atoms with Crippen molar-refractivity contribution >= 4 is 17.7 Å². The first-order chi connectivity index (χ1) is 13.8. The second-order valence-corrected chi connectivity index (χ2v) is 7.79. The van der Waals surface area contributed by atoms with Crippen LogP contribution in [0.15, 0.2) is 36.5 Å². The molecular weight excluding hydrogens is 366 g/mol. The quantitative estimate of drug-likeness (QED) is 0.819. The standard InChI is InChI=1S/C23H29N3O3/c1-6-19-9-7-18(13-24-19)17-8-10-22-20(12-17)21(25-23(28)29-14(2)3)11-15(4)26(22)16(5)27/h7-10,12-15,21H,6,11H2,1-5H3,(H,25,28)/t15-,21+/m1/s1. The number of nitrogens with one attached hydrogen (secondary N) is 1. The molecular formula is C23H29N3O3. The molecule has 1 aliphatic rings. The Hall–Kier alpha value is -2.89. The molecule has 2 atom stereocenters. The van der Waals surface area contributed by atoms with Gasteiger partial charge >= 0.3 is 6.09 Å². The van der Waals surface area contributed by atoms with E-state index in [9.17, 15) is 9.59 Å². The van der Waals surface area contributed by atoms with Gasteiger partial charge in [-0.25, -0.2) is 4.79 Å². The van der Waals surface area contributed by atoms with Crippen molar-refractivity contribution in [2.24, 2.45) is 0 Å². The molecule has 0 saturated carbocycles. The summed E-state index contributed by atoms with van der Waals surface area (Å²) in [6.45, 7) is 9.28. The summed E-state index contributed by atoms with van der Waals surface area (Å²) in [5, 5.41) is 2.98. The molecule has 2 amide bonds. The van der Waals surface area contributed by atoms with Gasteiger partial charge in [0.15, 0.2) is 0 Å². The smallest absolute Gasteiger partial charge is 0.407 e. The molecule has 6 heteroatoms. The van der Waals surface area contributed by atoms with E-state index in [4.69, 9.17) is 4.74 Å². The number of hydrogen-bond acceptors (Lipinski definition) is 4. The highest BCUT2D eigenvalue weighted by atomic mass is 16.6. The fourth-order valence-electron chi connectivity index (χ4n) is 3.85. The van der Waals surface area contributed by atoms with Crippen LogP contribution in [0.5, 0.6) is 0 Å². The van der Waals surface area contributed by atoms with Gasteiger partial charge in [-0.3, -0.25) is 9.78 Å².